The minimum Gasteiger partial charge on any atom is -0.331 e. The molecule has 20 heavy (non-hydrogen) atoms. The van der Waals surface area contributed by atoms with E-state index < -0.39 is 0 Å². The van der Waals surface area contributed by atoms with Gasteiger partial charge in [0, 0.05) is 6.54 Å². The molecule has 0 aliphatic heterocycles. The molecule has 0 bridgehead atoms. The van der Waals surface area contributed by atoms with Crippen LogP contribution in [0.3, 0.4) is 0 Å². The molecule has 1 aromatic heterocycles. The van der Waals surface area contributed by atoms with E-state index in [0.29, 0.717) is 0 Å². The number of hydrogen-bond donors (Lipinski definition) is 1. The number of fused-ring (bicyclic) bond motifs is 1. The van der Waals surface area contributed by atoms with E-state index >= 15 is 0 Å². The average Bonchev–Trinajstić information content (AvgIpc) is 2.74. The maximum atomic E-state index is 5.51. The summed E-state index contributed by atoms with van der Waals surface area (Å²) in [6.07, 6.45) is 6.89. The first-order chi connectivity index (χ1) is 9.65. The molecule has 108 valence electrons. The fourth-order valence-electron chi connectivity index (χ4n) is 3.75. The van der Waals surface area contributed by atoms with Gasteiger partial charge in [-0.15, -0.1) is 0 Å². The molecular formula is C17H24N2S. The SMILES string of the molecule is Cc1cccc2[nH]c(=S)n(CCC3CCCC(C)C3)c12. The summed E-state index contributed by atoms with van der Waals surface area (Å²) in [5.74, 6) is 1.79. The standard InChI is InChI=1S/C17H24N2S/c1-12-5-3-7-14(11-12)9-10-19-16-13(2)6-4-8-15(16)18-17(19)20/h4,6,8,12,14H,3,5,7,9-11H2,1-2H3,(H,18,20). The Bertz CT molecular complexity index is 653. The van der Waals surface area contributed by atoms with Gasteiger partial charge in [-0.25, -0.2) is 0 Å². The third kappa shape index (κ3) is 2.69. The van der Waals surface area contributed by atoms with Gasteiger partial charge in [0.1, 0.15) is 0 Å². The number of aryl methyl sites for hydroxylation is 2. The quantitative estimate of drug-likeness (QED) is 0.768. The van der Waals surface area contributed by atoms with Gasteiger partial charge in [-0.1, -0.05) is 38.3 Å². The molecule has 3 heteroatoms. The summed E-state index contributed by atoms with van der Waals surface area (Å²) in [5.41, 5.74) is 3.78. The van der Waals surface area contributed by atoms with E-state index in [1.165, 1.54) is 48.7 Å². The molecule has 1 aliphatic carbocycles. The van der Waals surface area contributed by atoms with Gasteiger partial charge in [-0.05, 0) is 55.4 Å². The molecule has 2 atom stereocenters. The Morgan fingerprint density at radius 1 is 1.35 bits per heavy atom. The van der Waals surface area contributed by atoms with Crippen molar-refractivity contribution in [1.82, 2.24) is 9.55 Å². The van der Waals surface area contributed by atoms with Gasteiger partial charge in [-0.3, -0.25) is 0 Å². The van der Waals surface area contributed by atoms with Crippen LogP contribution in [0.5, 0.6) is 0 Å². The van der Waals surface area contributed by atoms with E-state index in [-0.39, 0.29) is 0 Å². The van der Waals surface area contributed by atoms with E-state index in [1.807, 2.05) is 0 Å². The van der Waals surface area contributed by atoms with Crippen molar-refractivity contribution in [1.29, 1.82) is 0 Å². The number of aromatic amines is 1. The van der Waals surface area contributed by atoms with Gasteiger partial charge >= 0.3 is 0 Å². The maximum Gasteiger partial charge on any atom is 0.178 e. The Labute approximate surface area is 126 Å². The van der Waals surface area contributed by atoms with Crippen LogP contribution >= 0.6 is 12.2 Å². The number of benzene rings is 1. The average molecular weight is 288 g/mol. The topological polar surface area (TPSA) is 20.7 Å². The monoisotopic (exact) mass is 288 g/mol. The van der Waals surface area contributed by atoms with E-state index in [0.717, 1.165) is 23.2 Å². The predicted molar refractivity (Wildman–Crippen MR) is 87.6 cm³/mol. The molecule has 1 fully saturated rings. The van der Waals surface area contributed by atoms with Crippen LogP contribution in [0.4, 0.5) is 0 Å². The van der Waals surface area contributed by atoms with Gasteiger partial charge in [0.15, 0.2) is 4.77 Å². The lowest BCUT2D eigenvalue weighted by Gasteiger charge is -2.26. The van der Waals surface area contributed by atoms with Crippen LogP contribution in [0.1, 0.15) is 44.6 Å². The van der Waals surface area contributed by atoms with Gasteiger partial charge < -0.3 is 9.55 Å². The lowest BCUT2D eigenvalue weighted by Crippen LogP contribution is -2.15. The molecule has 0 saturated heterocycles. The first-order valence-electron chi connectivity index (χ1n) is 7.83. The second kappa shape index (κ2) is 5.72. The molecule has 0 spiro atoms. The lowest BCUT2D eigenvalue weighted by atomic mass is 9.81. The third-order valence-corrected chi connectivity index (χ3v) is 5.12. The second-order valence-corrected chi connectivity index (χ2v) is 6.87. The minimum atomic E-state index is 0.873. The summed E-state index contributed by atoms with van der Waals surface area (Å²) < 4.78 is 3.18. The fraction of sp³-hybridized carbons (Fsp3) is 0.588. The number of aromatic nitrogens is 2. The van der Waals surface area contributed by atoms with Crippen LogP contribution in [0.2, 0.25) is 0 Å². The van der Waals surface area contributed by atoms with Crippen molar-refractivity contribution in [2.24, 2.45) is 11.8 Å². The Morgan fingerprint density at radius 2 is 2.20 bits per heavy atom. The number of nitrogens with one attached hydrogen (secondary N) is 1. The van der Waals surface area contributed by atoms with Gasteiger partial charge in [0.2, 0.25) is 0 Å². The molecule has 1 aromatic carbocycles. The van der Waals surface area contributed by atoms with E-state index in [4.69, 9.17) is 12.2 Å². The summed E-state index contributed by atoms with van der Waals surface area (Å²) in [5, 5.41) is 0. The number of hydrogen-bond acceptors (Lipinski definition) is 1. The molecule has 2 unspecified atom stereocenters. The van der Waals surface area contributed by atoms with Crippen LogP contribution in [-0.2, 0) is 6.54 Å². The van der Waals surface area contributed by atoms with Crippen LogP contribution in [0.25, 0.3) is 11.0 Å². The van der Waals surface area contributed by atoms with E-state index in [9.17, 15) is 0 Å². The Morgan fingerprint density at radius 3 is 3.00 bits per heavy atom. The van der Waals surface area contributed by atoms with Crippen molar-refractivity contribution in [3.63, 3.8) is 0 Å². The highest BCUT2D eigenvalue weighted by atomic mass is 32.1. The predicted octanol–water partition coefficient (Wildman–Crippen LogP) is 5.22. The summed E-state index contributed by atoms with van der Waals surface area (Å²) in [7, 11) is 0. The fourth-order valence-corrected chi connectivity index (χ4v) is 4.04. The Hall–Kier alpha value is -1.09. The van der Waals surface area contributed by atoms with Crippen molar-refractivity contribution >= 4 is 23.3 Å². The van der Waals surface area contributed by atoms with Crippen molar-refractivity contribution in [2.75, 3.05) is 0 Å². The zero-order chi connectivity index (χ0) is 14.1. The van der Waals surface area contributed by atoms with Crippen LogP contribution < -0.4 is 0 Å². The number of nitrogens with zero attached hydrogens (tertiary/aromatic N) is 1. The first kappa shape index (κ1) is 13.9. The lowest BCUT2D eigenvalue weighted by molar-refractivity contribution is 0.261. The zero-order valence-corrected chi connectivity index (χ0v) is 13.3. The molecule has 3 rings (SSSR count). The summed E-state index contributed by atoms with van der Waals surface area (Å²) in [6.45, 7) is 5.62. The second-order valence-electron chi connectivity index (χ2n) is 6.48. The molecule has 2 nitrogen and oxygen atoms in total. The summed E-state index contributed by atoms with van der Waals surface area (Å²) in [6, 6.07) is 6.39. The highest BCUT2D eigenvalue weighted by molar-refractivity contribution is 7.71. The van der Waals surface area contributed by atoms with Gasteiger partial charge in [0.05, 0.1) is 11.0 Å². The van der Waals surface area contributed by atoms with Gasteiger partial charge in [0.25, 0.3) is 0 Å². The highest BCUT2D eigenvalue weighted by Gasteiger charge is 2.19. The molecule has 1 heterocycles. The van der Waals surface area contributed by atoms with Crippen LogP contribution in [0.15, 0.2) is 18.2 Å². The van der Waals surface area contributed by atoms with Crippen molar-refractivity contribution in [3.05, 3.63) is 28.5 Å². The van der Waals surface area contributed by atoms with E-state index in [2.05, 4.69) is 41.6 Å². The maximum absolute atomic E-state index is 5.51. The minimum absolute atomic E-state index is 0.873. The summed E-state index contributed by atoms with van der Waals surface area (Å²) in [4.78, 5) is 3.34. The Kier molecular flexibility index (Phi) is 3.97. The third-order valence-electron chi connectivity index (χ3n) is 4.80. The first-order valence-corrected chi connectivity index (χ1v) is 8.24. The largest absolute Gasteiger partial charge is 0.331 e. The van der Waals surface area contributed by atoms with Crippen molar-refractivity contribution in [2.45, 2.75) is 52.5 Å². The summed E-state index contributed by atoms with van der Waals surface area (Å²) >= 11 is 5.51. The number of rotatable bonds is 3. The molecule has 1 aliphatic rings. The zero-order valence-electron chi connectivity index (χ0n) is 12.5. The number of H-pyrrole nitrogens is 1. The van der Waals surface area contributed by atoms with Crippen LogP contribution in [0, 0.1) is 23.5 Å². The van der Waals surface area contributed by atoms with E-state index in [1.54, 1.807) is 0 Å². The number of imidazole rings is 1. The molecule has 1 saturated carbocycles. The van der Waals surface area contributed by atoms with Crippen LogP contribution in [-0.4, -0.2) is 9.55 Å². The van der Waals surface area contributed by atoms with Gasteiger partial charge in [-0.2, -0.15) is 0 Å². The van der Waals surface area contributed by atoms with Crippen molar-refractivity contribution < 1.29 is 0 Å². The molecular weight excluding hydrogens is 264 g/mol. The molecule has 0 amide bonds. The van der Waals surface area contributed by atoms with Crippen molar-refractivity contribution in [3.8, 4) is 0 Å². The smallest absolute Gasteiger partial charge is 0.178 e. The highest BCUT2D eigenvalue weighted by Crippen LogP contribution is 2.31. The number of para-hydroxylation sites is 1. The molecule has 0 radical (unpaired) electrons. The Balaban J connectivity index is 1.80. The molecule has 1 N–H and O–H groups in total. The normalized spacial score (nSPS) is 23.3. The molecule has 2 aromatic rings.